The van der Waals surface area contributed by atoms with E-state index in [-0.39, 0.29) is 11.9 Å². The van der Waals surface area contributed by atoms with Crippen LogP contribution in [0.3, 0.4) is 0 Å². The number of carbonyl (C=O) groups is 1. The van der Waals surface area contributed by atoms with Gasteiger partial charge in [-0.15, -0.1) is 0 Å². The number of ether oxygens (including phenoxy) is 1. The van der Waals surface area contributed by atoms with Gasteiger partial charge in [-0.05, 0) is 12.0 Å². The minimum Gasteiger partial charge on any atom is -0.385 e. The molecular weight excluding hydrogens is 270 g/mol. The molecular formula is C16H23NO2S. The molecule has 1 amide bonds. The summed E-state index contributed by atoms with van der Waals surface area (Å²) in [5.74, 6) is 1.28. The lowest BCUT2D eigenvalue weighted by molar-refractivity contribution is -0.134. The van der Waals surface area contributed by atoms with Crippen molar-refractivity contribution in [3.8, 4) is 0 Å². The molecule has 1 aliphatic heterocycles. The summed E-state index contributed by atoms with van der Waals surface area (Å²) in [5.41, 5.74) is 1.24. The van der Waals surface area contributed by atoms with E-state index in [4.69, 9.17) is 4.74 Å². The van der Waals surface area contributed by atoms with Gasteiger partial charge in [0.15, 0.2) is 0 Å². The summed E-state index contributed by atoms with van der Waals surface area (Å²) in [6.07, 6.45) is 1.38. The van der Waals surface area contributed by atoms with E-state index in [1.165, 1.54) is 5.56 Å². The van der Waals surface area contributed by atoms with Crippen molar-refractivity contribution in [1.29, 1.82) is 0 Å². The average Bonchev–Trinajstić information content (AvgIpc) is 2.48. The van der Waals surface area contributed by atoms with Crippen molar-refractivity contribution in [2.75, 3.05) is 26.0 Å². The first kappa shape index (κ1) is 15.4. The fraction of sp³-hybridized carbons (Fsp3) is 0.562. The molecule has 0 aromatic heterocycles. The van der Waals surface area contributed by atoms with Gasteiger partial charge in [-0.3, -0.25) is 4.79 Å². The third kappa shape index (κ3) is 3.76. The minimum atomic E-state index is 0.199. The lowest BCUT2D eigenvalue weighted by Crippen LogP contribution is -2.43. The zero-order valence-electron chi connectivity index (χ0n) is 12.2. The van der Waals surface area contributed by atoms with Crippen LogP contribution in [0.5, 0.6) is 0 Å². The van der Waals surface area contributed by atoms with E-state index in [9.17, 15) is 4.79 Å². The Morgan fingerprint density at radius 2 is 2.15 bits per heavy atom. The third-order valence-electron chi connectivity index (χ3n) is 3.69. The van der Waals surface area contributed by atoms with Crippen LogP contribution >= 0.6 is 11.8 Å². The largest absolute Gasteiger partial charge is 0.385 e. The molecule has 1 fully saturated rings. The van der Waals surface area contributed by atoms with Crippen LogP contribution in [0, 0.1) is 0 Å². The van der Waals surface area contributed by atoms with Gasteiger partial charge < -0.3 is 9.64 Å². The Morgan fingerprint density at radius 1 is 1.40 bits per heavy atom. The van der Waals surface area contributed by atoms with Crippen LogP contribution in [-0.2, 0) is 9.53 Å². The Bertz CT molecular complexity index is 424. The van der Waals surface area contributed by atoms with Gasteiger partial charge in [0, 0.05) is 37.7 Å². The lowest BCUT2D eigenvalue weighted by atomic mass is 10.0. The van der Waals surface area contributed by atoms with Crippen LogP contribution in [0.2, 0.25) is 0 Å². The SMILES string of the molecule is COCCCC(=O)N1CCS[C@H](C)[C@H]1c1ccccc1. The van der Waals surface area contributed by atoms with E-state index >= 15 is 0 Å². The molecule has 1 saturated heterocycles. The second-order valence-corrected chi connectivity index (χ2v) is 6.60. The maximum atomic E-state index is 12.5. The van der Waals surface area contributed by atoms with Crippen molar-refractivity contribution in [1.82, 2.24) is 4.90 Å². The van der Waals surface area contributed by atoms with Crippen LogP contribution in [-0.4, -0.2) is 42.1 Å². The molecule has 0 aliphatic carbocycles. The Hall–Kier alpha value is -1.00. The fourth-order valence-corrected chi connectivity index (χ4v) is 3.87. The second kappa shape index (κ2) is 7.70. The van der Waals surface area contributed by atoms with Gasteiger partial charge in [0.25, 0.3) is 0 Å². The molecule has 1 aromatic rings. The van der Waals surface area contributed by atoms with Gasteiger partial charge in [-0.25, -0.2) is 0 Å². The quantitative estimate of drug-likeness (QED) is 0.781. The Labute approximate surface area is 125 Å². The molecule has 1 aromatic carbocycles. The monoisotopic (exact) mass is 293 g/mol. The smallest absolute Gasteiger partial charge is 0.223 e. The van der Waals surface area contributed by atoms with Crippen molar-refractivity contribution < 1.29 is 9.53 Å². The van der Waals surface area contributed by atoms with E-state index in [1.54, 1.807) is 7.11 Å². The number of hydrogen-bond donors (Lipinski definition) is 0. The molecule has 1 aliphatic rings. The van der Waals surface area contributed by atoms with Crippen molar-refractivity contribution in [3.05, 3.63) is 35.9 Å². The standard InChI is InChI=1S/C16H23NO2S/c1-13-16(14-7-4-3-5-8-14)17(10-12-20-13)15(18)9-6-11-19-2/h3-5,7-8,13,16H,6,9-12H2,1-2H3/t13-,16+/m1/s1. The molecule has 0 spiro atoms. The van der Waals surface area contributed by atoms with Crippen molar-refractivity contribution in [3.63, 3.8) is 0 Å². The van der Waals surface area contributed by atoms with E-state index in [2.05, 4.69) is 36.1 Å². The molecule has 0 unspecified atom stereocenters. The molecule has 1 heterocycles. The first-order chi connectivity index (χ1) is 9.74. The zero-order chi connectivity index (χ0) is 14.4. The highest BCUT2D eigenvalue weighted by molar-refractivity contribution is 8.00. The normalized spacial score (nSPS) is 22.8. The molecule has 2 atom stereocenters. The molecule has 20 heavy (non-hydrogen) atoms. The molecule has 110 valence electrons. The van der Waals surface area contributed by atoms with E-state index in [0.717, 1.165) is 18.7 Å². The first-order valence-electron chi connectivity index (χ1n) is 7.19. The van der Waals surface area contributed by atoms with E-state index in [1.807, 2.05) is 17.8 Å². The number of rotatable bonds is 5. The first-order valence-corrected chi connectivity index (χ1v) is 8.24. The maximum Gasteiger partial charge on any atom is 0.223 e. The Kier molecular flexibility index (Phi) is 5.92. The number of hydrogen-bond acceptors (Lipinski definition) is 3. The molecule has 4 heteroatoms. The van der Waals surface area contributed by atoms with Crippen LogP contribution < -0.4 is 0 Å². The second-order valence-electron chi connectivity index (χ2n) is 5.11. The van der Waals surface area contributed by atoms with E-state index in [0.29, 0.717) is 18.3 Å². The third-order valence-corrected chi connectivity index (χ3v) is 4.90. The van der Waals surface area contributed by atoms with Crippen LogP contribution in [0.4, 0.5) is 0 Å². The minimum absolute atomic E-state index is 0.199. The van der Waals surface area contributed by atoms with Gasteiger partial charge in [0.2, 0.25) is 5.91 Å². The highest BCUT2D eigenvalue weighted by Gasteiger charge is 2.32. The van der Waals surface area contributed by atoms with Crippen molar-refractivity contribution in [2.45, 2.75) is 31.1 Å². The highest BCUT2D eigenvalue weighted by Crippen LogP contribution is 2.36. The number of methoxy groups -OCH3 is 1. The predicted octanol–water partition coefficient (Wildman–Crippen LogP) is 3.12. The topological polar surface area (TPSA) is 29.5 Å². The molecule has 0 bridgehead atoms. The predicted molar refractivity (Wildman–Crippen MR) is 83.9 cm³/mol. The number of carbonyl (C=O) groups excluding carboxylic acids is 1. The average molecular weight is 293 g/mol. The van der Waals surface area contributed by atoms with Crippen LogP contribution in [0.15, 0.2) is 30.3 Å². The molecule has 0 saturated carbocycles. The summed E-state index contributed by atoms with van der Waals surface area (Å²) in [6, 6.07) is 10.6. The Balaban J connectivity index is 2.10. The van der Waals surface area contributed by atoms with Crippen molar-refractivity contribution >= 4 is 17.7 Å². The summed E-state index contributed by atoms with van der Waals surface area (Å²) in [5, 5.41) is 0.442. The van der Waals surface area contributed by atoms with Gasteiger partial charge in [-0.1, -0.05) is 37.3 Å². The van der Waals surface area contributed by atoms with Gasteiger partial charge in [-0.2, -0.15) is 11.8 Å². The zero-order valence-corrected chi connectivity index (χ0v) is 13.1. The highest BCUT2D eigenvalue weighted by atomic mass is 32.2. The summed E-state index contributed by atoms with van der Waals surface area (Å²) in [7, 11) is 1.68. The molecule has 0 N–H and O–H groups in total. The molecule has 3 nitrogen and oxygen atoms in total. The number of benzene rings is 1. The summed E-state index contributed by atoms with van der Waals surface area (Å²) < 4.78 is 5.04. The summed E-state index contributed by atoms with van der Waals surface area (Å²) >= 11 is 1.95. The van der Waals surface area contributed by atoms with E-state index < -0.39 is 0 Å². The number of thioether (sulfide) groups is 1. The van der Waals surface area contributed by atoms with Crippen LogP contribution in [0.1, 0.15) is 31.4 Å². The lowest BCUT2D eigenvalue weighted by Gasteiger charge is -2.40. The fourth-order valence-electron chi connectivity index (χ4n) is 2.71. The van der Waals surface area contributed by atoms with Crippen molar-refractivity contribution in [2.24, 2.45) is 0 Å². The van der Waals surface area contributed by atoms with Gasteiger partial charge in [0.1, 0.15) is 0 Å². The Morgan fingerprint density at radius 3 is 2.85 bits per heavy atom. The molecule has 2 rings (SSSR count). The number of amides is 1. The van der Waals surface area contributed by atoms with Gasteiger partial charge >= 0.3 is 0 Å². The summed E-state index contributed by atoms with van der Waals surface area (Å²) in [6.45, 7) is 3.72. The van der Waals surface area contributed by atoms with Gasteiger partial charge in [0.05, 0.1) is 6.04 Å². The number of nitrogens with zero attached hydrogens (tertiary/aromatic N) is 1. The van der Waals surface area contributed by atoms with Crippen LogP contribution in [0.25, 0.3) is 0 Å². The summed E-state index contributed by atoms with van der Waals surface area (Å²) in [4.78, 5) is 14.5. The molecule has 0 radical (unpaired) electrons. The maximum absolute atomic E-state index is 12.5.